The Balaban J connectivity index is 1.25. The van der Waals surface area contributed by atoms with Gasteiger partial charge in [0.15, 0.2) is 0 Å². The molecule has 0 fully saturated rings. The van der Waals surface area contributed by atoms with Crippen LogP contribution in [0, 0.1) is 0 Å². The van der Waals surface area contributed by atoms with E-state index in [2.05, 4.69) is 5.32 Å². The van der Waals surface area contributed by atoms with Crippen molar-refractivity contribution in [2.75, 3.05) is 7.11 Å². The van der Waals surface area contributed by atoms with Crippen LogP contribution in [0.1, 0.15) is 20.8 Å². The Labute approximate surface area is 246 Å². The second-order valence-electron chi connectivity index (χ2n) is 9.18. The van der Waals surface area contributed by atoms with E-state index in [1.807, 2.05) is 97.1 Å². The smallest absolute Gasteiger partial charge is 0.328 e. The highest BCUT2D eigenvalue weighted by Crippen LogP contribution is 2.31. The van der Waals surface area contributed by atoms with E-state index in [1.165, 1.54) is 18.4 Å². The van der Waals surface area contributed by atoms with E-state index in [4.69, 9.17) is 32.7 Å². The Hall–Kier alpha value is -3.84. The van der Waals surface area contributed by atoms with E-state index in [9.17, 15) is 9.59 Å². The summed E-state index contributed by atoms with van der Waals surface area (Å²) < 4.78 is 11.8. The van der Waals surface area contributed by atoms with Gasteiger partial charge in [-0.1, -0.05) is 65.7 Å². The molecule has 1 heterocycles. The molecule has 0 bridgehead atoms. The molecular formula is C32H25Cl2NO4S. The van der Waals surface area contributed by atoms with Crippen molar-refractivity contribution in [3.63, 3.8) is 0 Å². The highest BCUT2D eigenvalue weighted by atomic mass is 35.5. The first-order valence-electron chi connectivity index (χ1n) is 12.5. The van der Waals surface area contributed by atoms with Crippen LogP contribution in [0.2, 0.25) is 10.0 Å². The number of hydrogen-bond acceptors (Lipinski definition) is 5. The maximum absolute atomic E-state index is 13.2. The zero-order valence-electron chi connectivity index (χ0n) is 21.5. The van der Waals surface area contributed by atoms with Crippen LogP contribution in [-0.4, -0.2) is 25.0 Å². The summed E-state index contributed by atoms with van der Waals surface area (Å²) in [5.41, 5.74) is 3.93. The number of carbonyl (C=O) groups excluding carboxylic acids is 2. The molecule has 1 N–H and O–H groups in total. The fraction of sp³-hybridized carbons (Fsp3) is 0.125. The monoisotopic (exact) mass is 589 g/mol. The molecule has 5 aromatic rings. The number of thiophene rings is 1. The van der Waals surface area contributed by atoms with E-state index in [1.54, 1.807) is 0 Å². The number of halogens is 2. The van der Waals surface area contributed by atoms with Crippen LogP contribution in [0.15, 0.2) is 97.1 Å². The van der Waals surface area contributed by atoms with Gasteiger partial charge in [-0.15, -0.1) is 11.3 Å². The van der Waals surface area contributed by atoms with Gasteiger partial charge in [-0.2, -0.15) is 0 Å². The minimum absolute atomic E-state index is 0.279. The van der Waals surface area contributed by atoms with E-state index < -0.39 is 12.0 Å². The lowest BCUT2D eigenvalue weighted by Crippen LogP contribution is -2.42. The van der Waals surface area contributed by atoms with Gasteiger partial charge in [-0.05, 0) is 82.2 Å². The highest BCUT2D eigenvalue weighted by Gasteiger charge is 2.24. The average molecular weight is 591 g/mol. The van der Waals surface area contributed by atoms with Gasteiger partial charge in [0.1, 0.15) is 18.4 Å². The lowest BCUT2D eigenvalue weighted by atomic mass is 10.0. The second-order valence-corrected chi connectivity index (χ2v) is 11.1. The summed E-state index contributed by atoms with van der Waals surface area (Å²) >= 11 is 13.3. The fourth-order valence-electron chi connectivity index (χ4n) is 4.25. The van der Waals surface area contributed by atoms with Gasteiger partial charge in [0.2, 0.25) is 0 Å². The first-order chi connectivity index (χ1) is 19.4. The van der Waals surface area contributed by atoms with Crippen molar-refractivity contribution in [2.24, 2.45) is 0 Å². The van der Waals surface area contributed by atoms with E-state index >= 15 is 0 Å². The Morgan fingerprint density at radius 1 is 0.800 bits per heavy atom. The summed E-state index contributed by atoms with van der Waals surface area (Å²) in [6.07, 6.45) is 0.279. The maximum atomic E-state index is 13.2. The summed E-state index contributed by atoms with van der Waals surface area (Å²) in [6, 6.07) is 29.6. The van der Waals surface area contributed by atoms with Gasteiger partial charge < -0.3 is 14.8 Å². The van der Waals surface area contributed by atoms with Crippen LogP contribution >= 0.6 is 34.5 Å². The van der Waals surface area contributed by atoms with Gasteiger partial charge in [-0.3, -0.25) is 4.79 Å². The SMILES string of the molecule is COC(=O)[C@H](Cc1ccc(OCc2ccc(Cl)cc2)cc1)NC(=O)c1cc2cc(-c3ccc(Cl)cc3)ccc2s1. The van der Waals surface area contributed by atoms with Crippen LogP contribution in [-0.2, 0) is 22.6 Å². The van der Waals surface area contributed by atoms with Gasteiger partial charge in [0.05, 0.1) is 12.0 Å². The van der Waals surface area contributed by atoms with E-state index in [0.29, 0.717) is 27.3 Å². The Kier molecular flexibility index (Phi) is 8.70. The lowest BCUT2D eigenvalue weighted by molar-refractivity contribution is -0.142. The second kappa shape index (κ2) is 12.6. The molecule has 0 aliphatic rings. The molecule has 1 amide bonds. The van der Waals surface area contributed by atoms with Crippen molar-refractivity contribution >= 4 is 56.5 Å². The first kappa shape index (κ1) is 27.7. The Morgan fingerprint density at radius 3 is 2.10 bits per heavy atom. The Morgan fingerprint density at radius 2 is 1.43 bits per heavy atom. The summed E-state index contributed by atoms with van der Waals surface area (Å²) in [7, 11) is 1.31. The summed E-state index contributed by atoms with van der Waals surface area (Å²) in [4.78, 5) is 26.2. The standard InChI is InChI=1S/C32H25Cl2NO4S/c1-38-32(37)28(16-20-4-13-27(14-5-20)39-19-21-2-9-25(33)10-3-21)35-31(36)30-18-24-17-23(8-15-29(24)40-30)22-6-11-26(34)12-7-22/h2-15,17-18,28H,16,19H2,1H3,(H,35,36)/t28-/m0/s1. The largest absolute Gasteiger partial charge is 0.489 e. The molecule has 0 aliphatic heterocycles. The number of methoxy groups -OCH3 is 1. The number of fused-ring (bicyclic) bond motifs is 1. The quantitative estimate of drug-likeness (QED) is 0.177. The fourth-order valence-corrected chi connectivity index (χ4v) is 5.45. The molecule has 5 rings (SSSR count). The molecule has 1 atom stereocenters. The molecule has 8 heteroatoms. The number of ether oxygens (including phenoxy) is 2. The third-order valence-corrected chi connectivity index (χ3v) is 8.01. The number of rotatable bonds is 9. The molecule has 0 saturated heterocycles. The third kappa shape index (κ3) is 6.83. The van der Waals surface area contributed by atoms with Crippen LogP contribution in [0.5, 0.6) is 5.75 Å². The molecule has 1 aromatic heterocycles. The van der Waals surface area contributed by atoms with Crippen molar-refractivity contribution in [1.29, 1.82) is 0 Å². The van der Waals surface area contributed by atoms with Crippen molar-refractivity contribution < 1.29 is 19.1 Å². The zero-order chi connectivity index (χ0) is 28.1. The van der Waals surface area contributed by atoms with Gasteiger partial charge >= 0.3 is 5.97 Å². The van der Waals surface area contributed by atoms with Crippen molar-refractivity contribution in [3.8, 4) is 16.9 Å². The number of hydrogen-bond donors (Lipinski definition) is 1. The molecule has 0 aliphatic carbocycles. The first-order valence-corrected chi connectivity index (χ1v) is 14.1. The van der Waals surface area contributed by atoms with Crippen LogP contribution in [0.4, 0.5) is 0 Å². The molecule has 0 spiro atoms. The number of benzene rings is 4. The topological polar surface area (TPSA) is 64.6 Å². The normalized spacial score (nSPS) is 11.7. The summed E-state index contributed by atoms with van der Waals surface area (Å²) in [5.74, 6) is -0.143. The zero-order valence-corrected chi connectivity index (χ0v) is 23.9. The number of nitrogens with one attached hydrogen (secondary N) is 1. The van der Waals surface area contributed by atoms with Gasteiger partial charge in [0, 0.05) is 21.2 Å². The minimum Gasteiger partial charge on any atom is -0.489 e. The van der Waals surface area contributed by atoms with Crippen molar-refractivity contribution in [2.45, 2.75) is 19.1 Å². The number of carbonyl (C=O) groups is 2. The van der Waals surface area contributed by atoms with Crippen molar-refractivity contribution in [1.82, 2.24) is 5.32 Å². The van der Waals surface area contributed by atoms with Crippen LogP contribution in [0.3, 0.4) is 0 Å². The molecule has 4 aromatic carbocycles. The predicted octanol–water partition coefficient (Wildman–Crippen LogP) is 7.97. The predicted molar refractivity (Wildman–Crippen MR) is 161 cm³/mol. The van der Waals surface area contributed by atoms with Gasteiger partial charge in [0.25, 0.3) is 5.91 Å². The average Bonchev–Trinajstić information content (AvgIpc) is 3.41. The van der Waals surface area contributed by atoms with Crippen LogP contribution < -0.4 is 10.1 Å². The molecule has 0 saturated carbocycles. The molecule has 0 radical (unpaired) electrons. The molecule has 202 valence electrons. The lowest BCUT2D eigenvalue weighted by Gasteiger charge is -2.16. The van der Waals surface area contributed by atoms with Gasteiger partial charge in [-0.25, -0.2) is 4.79 Å². The van der Waals surface area contributed by atoms with E-state index in [0.717, 1.165) is 32.3 Å². The van der Waals surface area contributed by atoms with Crippen molar-refractivity contribution in [3.05, 3.63) is 123 Å². The number of esters is 1. The third-order valence-electron chi connectivity index (χ3n) is 6.39. The van der Waals surface area contributed by atoms with E-state index in [-0.39, 0.29) is 12.3 Å². The summed E-state index contributed by atoms with van der Waals surface area (Å²) in [5, 5.41) is 5.16. The summed E-state index contributed by atoms with van der Waals surface area (Å²) in [6.45, 7) is 0.410. The molecule has 5 nitrogen and oxygen atoms in total. The molecule has 40 heavy (non-hydrogen) atoms. The molecular weight excluding hydrogens is 565 g/mol. The minimum atomic E-state index is -0.840. The maximum Gasteiger partial charge on any atom is 0.328 e. The van der Waals surface area contributed by atoms with Crippen LogP contribution in [0.25, 0.3) is 21.2 Å². The molecule has 0 unspecified atom stereocenters. The Bertz CT molecular complexity index is 1630. The highest BCUT2D eigenvalue weighted by molar-refractivity contribution is 7.20. The number of amides is 1.